The highest BCUT2D eigenvalue weighted by molar-refractivity contribution is 5.89. The summed E-state index contributed by atoms with van der Waals surface area (Å²) < 4.78 is 5.96. The third kappa shape index (κ3) is 3.67. The summed E-state index contributed by atoms with van der Waals surface area (Å²) in [5.74, 6) is -0.118. The van der Waals surface area contributed by atoms with Gasteiger partial charge >= 0.3 is 5.97 Å². The predicted molar refractivity (Wildman–Crippen MR) is 87.6 cm³/mol. The number of aromatic carboxylic acids is 1. The van der Waals surface area contributed by atoms with Crippen LogP contribution in [-0.2, 0) is 12.0 Å². The zero-order chi connectivity index (χ0) is 16.3. The van der Waals surface area contributed by atoms with Crippen LogP contribution in [0.3, 0.4) is 0 Å². The fourth-order valence-electron chi connectivity index (χ4n) is 2.38. The second-order valence-corrected chi connectivity index (χ2v) is 6.50. The molecule has 0 bridgehead atoms. The third-order valence-electron chi connectivity index (χ3n) is 3.58. The minimum atomic E-state index is -0.931. The van der Waals surface area contributed by atoms with Crippen molar-refractivity contribution < 1.29 is 14.6 Å². The monoisotopic (exact) mass is 298 g/mol. The molecule has 0 saturated heterocycles. The average Bonchev–Trinajstić information content (AvgIpc) is 2.44. The van der Waals surface area contributed by atoms with Gasteiger partial charge < -0.3 is 9.84 Å². The van der Waals surface area contributed by atoms with E-state index >= 15 is 0 Å². The van der Waals surface area contributed by atoms with Gasteiger partial charge in [-0.1, -0.05) is 51.1 Å². The van der Waals surface area contributed by atoms with E-state index < -0.39 is 5.97 Å². The highest BCUT2D eigenvalue weighted by atomic mass is 16.5. The van der Waals surface area contributed by atoms with Gasteiger partial charge in [0.2, 0.25) is 0 Å². The lowest BCUT2D eigenvalue weighted by molar-refractivity contribution is 0.0694. The molecule has 0 unspecified atom stereocenters. The minimum Gasteiger partial charge on any atom is -0.489 e. The molecule has 2 aromatic rings. The van der Waals surface area contributed by atoms with Crippen LogP contribution in [0.5, 0.6) is 5.75 Å². The van der Waals surface area contributed by atoms with Gasteiger partial charge in [0.1, 0.15) is 12.4 Å². The zero-order valence-corrected chi connectivity index (χ0v) is 13.5. The van der Waals surface area contributed by atoms with E-state index in [1.54, 1.807) is 18.2 Å². The quantitative estimate of drug-likeness (QED) is 0.899. The van der Waals surface area contributed by atoms with Crippen molar-refractivity contribution in [2.45, 2.75) is 39.7 Å². The molecule has 2 aromatic carbocycles. The summed E-state index contributed by atoms with van der Waals surface area (Å²) in [5.41, 5.74) is 3.17. The van der Waals surface area contributed by atoms with Crippen molar-refractivity contribution in [2.75, 3.05) is 0 Å². The maximum atomic E-state index is 11.3. The summed E-state index contributed by atoms with van der Waals surface area (Å²) in [7, 11) is 0. The lowest BCUT2D eigenvalue weighted by Crippen LogP contribution is -2.14. The van der Waals surface area contributed by atoms with Crippen LogP contribution in [0.2, 0.25) is 0 Å². The summed E-state index contributed by atoms with van der Waals surface area (Å²) in [6.45, 7) is 8.67. The molecule has 3 heteroatoms. The Hall–Kier alpha value is -2.29. The molecule has 2 rings (SSSR count). The summed E-state index contributed by atoms with van der Waals surface area (Å²) in [6.07, 6.45) is 0. The second-order valence-electron chi connectivity index (χ2n) is 6.50. The normalized spacial score (nSPS) is 11.3. The number of carbonyl (C=O) groups is 1. The van der Waals surface area contributed by atoms with Crippen LogP contribution in [0.4, 0.5) is 0 Å². The van der Waals surface area contributed by atoms with E-state index in [4.69, 9.17) is 4.74 Å². The molecule has 0 aromatic heterocycles. The molecule has 0 spiro atoms. The van der Waals surface area contributed by atoms with Gasteiger partial charge in [0.25, 0.3) is 0 Å². The maximum Gasteiger partial charge on any atom is 0.336 e. The van der Waals surface area contributed by atoms with Crippen molar-refractivity contribution >= 4 is 5.97 Å². The highest BCUT2D eigenvalue weighted by Gasteiger charge is 2.19. The molecular formula is C19H22O3. The molecule has 0 heterocycles. The highest BCUT2D eigenvalue weighted by Crippen LogP contribution is 2.32. The molecule has 0 saturated carbocycles. The molecule has 0 aliphatic rings. The third-order valence-corrected chi connectivity index (χ3v) is 3.58. The minimum absolute atomic E-state index is 0.0324. The van der Waals surface area contributed by atoms with Crippen molar-refractivity contribution in [2.24, 2.45) is 0 Å². The van der Waals surface area contributed by atoms with Crippen molar-refractivity contribution in [3.05, 3.63) is 64.7 Å². The molecule has 1 N–H and O–H groups in total. The van der Waals surface area contributed by atoms with Gasteiger partial charge in [0, 0.05) is 5.56 Å². The molecular weight excluding hydrogens is 276 g/mol. The van der Waals surface area contributed by atoms with Crippen LogP contribution in [-0.4, -0.2) is 11.1 Å². The zero-order valence-electron chi connectivity index (χ0n) is 13.5. The van der Waals surface area contributed by atoms with E-state index in [1.165, 1.54) is 0 Å². The molecule has 0 atom stereocenters. The van der Waals surface area contributed by atoms with E-state index in [2.05, 4.69) is 32.9 Å². The Balaban J connectivity index is 2.29. The van der Waals surface area contributed by atoms with Crippen molar-refractivity contribution in [3.63, 3.8) is 0 Å². The largest absolute Gasteiger partial charge is 0.489 e. The molecule has 0 aliphatic heterocycles. The van der Waals surface area contributed by atoms with Crippen molar-refractivity contribution in [1.82, 2.24) is 0 Å². The predicted octanol–water partition coefficient (Wildman–Crippen LogP) is 4.57. The Bertz CT molecular complexity index is 681. The summed E-state index contributed by atoms with van der Waals surface area (Å²) >= 11 is 0. The van der Waals surface area contributed by atoms with Gasteiger partial charge in [0.05, 0.1) is 5.56 Å². The molecule has 3 nitrogen and oxygen atoms in total. The number of benzene rings is 2. The maximum absolute atomic E-state index is 11.3. The Morgan fingerprint density at radius 3 is 2.45 bits per heavy atom. The SMILES string of the molecule is Cc1ccc(C(C)(C)C)c(OCc2ccccc2C(=O)O)c1. The topological polar surface area (TPSA) is 46.5 Å². The second kappa shape index (κ2) is 6.22. The van der Waals surface area contributed by atoms with Crippen LogP contribution in [0, 0.1) is 6.92 Å². The van der Waals surface area contributed by atoms with Gasteiger partial charge in [-0.2, -0.15) is 0 Å². The van der Waals surface area contributed by atoms with Gasteiger partial charge in [-0.15, -0.1) is 0 Å². The first-order valence-corrected chi connectivity index (χ1v) is 7.34. The van der Waals surface area contributed by atoms with Crippen LogP contribution in [0.1, 0.15) is 47.8 Å². The van der Waals surface area contributed by atoms with Crippen LogP contribution in [0.25, 0.3) is 0 Å². The Labute approximate surface area is 131 Å². The van der Waals surface area contributed by atoms with Gasteiger partial charge in [-0.3, -0.25) is 0 Å². The van der Waals surface area contributed by atoms with Crippen LogP contribution >= 0.6 is 0 Å². The van der Waals surface area contributed by atoms with E-state index in [9.17, 15) is 9.90 Å². The van der Waals surface area contributed by atoms with E-state index in [-0.39, 0.29) is 17.6 Å². The first kappa shape index (κ1) is 16.1. The van der Waals surface area contributed by atoms with Gasteiger partial charge in [-0.25, -0.2) is 4.79 Å². The molecule has 22 heavy (non-hydrogen) atoms. The Morgan fingerprint density at radius 1 is 1.14 bits per heavy atom. The number of carboxylic acids is 1. The molecule has 0 fully saturated rings. The van der Waals surface area contributed by atoms with Crippen molar-refractivity contribution in [3.8, 4) is 5.75 Å². The molecule has 0 amide bonds. The number of rotatable bonds is 4. The molecule has 0 aliphatic carbocycles. The van der Waals surface area contributed by atoms with E-state index in [1.807, 2.05) is 19.1 Å². The summed E-state index contributed by atoms with van der Waals surface area (Å²) in [5, 5.41) is 9.24. The standard InChI is InChI=1S/C19H22O3/c1-13-9-10-16(19(2,3)4)17(11-13)22-12-14-7-5-6-8-15(14)18(20)21/h5-11H,12H2,1-4H3,(H,20,21). The van der Waals surface area contributed by atoms with Gasteiger partial charge in [-0.05, 0) is 35.6 Å². The first-order valence-electron chi connectivity index (χ1n) is 7.34. The fraction of sp³-hybridized carbons (Fsp3) is 0.316. The van der Waals surface area contributed by atoms with Gasteiger partial charge in [0.15, 0.2) is 0 Å². The number of hydrogen-bond donors (Lipinski definition) is 1. The van der Waals surface area contributed by atoms with E-state index in [0.29, 0.717) is 5.56 Å². The van der Waals surface area contributed by atoms with Crippen molar-refractivity contribution in [1.29, 1.82) is 0 Å². The Morgan fingerprint density at radius 2 is 1.82 bits per heavy atom. The average molecular weight is 298 g/mol. The first-order chi connectivity index (χ1) is 10.3. The smallest absolute Gasteiger partial charge is 0.336 e. The van der Waals surface area contributed by atoms with E-state index in [0.717, 1.165) is 16.9 Å². The van der Waals surface area contributed by atoms with Crippen LogP contribution in [0.15, 0.2) is 42.5 Å². The molecule has 0 radical (unpaired) electrons. The lowest BCUT2D eigenvalue weighted by Gasteiger charge is -2.23. The summed E-state index contributed by atoms with van der Waals surface area (Å²) in [6, 6.07) is 13.1. The Kier molecular flexibility index (Phi) is 4.55. The number of carboxylic acid groups (broad SMARTS) is 1. The lowest BCUT2D eigenvalue weighted by atomic mass is 9.86. The fourth-order valence-corrected chi connectivity index (χ4v) is 2.38. The summed E-state index contributed by atoms with van der Waals surface area (Å²) in [4.78, 5) is 11.3. The number of hydrogen-bond acceptors (Lipinski definition) is 2. The number of ether oxygens (including phenoxy) is 1. The number of aryl methyl sites for hydroxylation is 1. The molecule has 116 valence electrons. The van der Waals surface area contributed by atoms with Crippen LogP contribution < -0.4 is 4.74 Å².